The van der Waals surface area contributed by atoms with Gasteiger partial charge in [-0.15, -0.1) is 0 Å². The van der Waals surface area contributed by atoms with Crippen molar-refractivity contribution in [3.63, 3.8) is 0 Å². The van der Waals surface area contributed by atoms with E-state index in [4.69, 9.17) is 5.11 Å². The number of carbonyl (C=O) groups excluding carboxylic acids is 1. The summed E-state index contributed by atoms with van der Waals surface area (Å²) in [6, 6.07) is 33.4. The molecule has 0 aliphatic carbocycles. The van der Waals surface area contributed by atoms with Crippen LogP contribution in [0.3, 0.4) is 0 Å². The largest absolute Gasteiger partial charge is 0.481 e. The lowest BCUT2D eigenvalue weighted by Gasteiger charge is -2.39. The Bertz CT molecular complexity index is 1440. The predicted octanol–water partition coefficient (Wildman–Crippen LogP) is 5.24. The summed E-state index contributed by atoms with van der Waals surface area (Å²) >= 11 is 0. The summed E-state index contributed by atoms with van der Waals surface area (Å²) in [4.78, 5) is 47.5. The van der Waals surface area contributed by atoms with Crippen molar-refractivity contribution in [2.24, 2.45) is 0 Å². The Morgan fingerprint density at radius 1 is 0.750 bits per heavy atom. The number of carbonyl (C=O) groups is 2. The van der Waals surface area contributed by atoms with E-state index in [-0.39, 0.29) is 19.4 Å². The number of anilines is 1. The van der Waals surface area contributed by atoms with Crippen molar-refractivity contribution in [3.8, 4) is 11.1 Å². The Balaban J connectivity index is 1.78. The van der Waals surface area contributed by atoms with E-state index in [9.17, 15) is 23.9 Å². The Morgan fingerprint density at radius 3 is 1.82 bits per heavy atom. The van der Waals surface area contributed by atoms with Gasteiger partial charge in [-0.3, -0.25) is 14.2 Å². The van der Waals surface area contributed by atoms with Gasteiger partial charge < -0.3 is 25.1 Å². The van der Waals surface area contributed by atoms with Gasteiger partial charge in [0.2, 0.25) is 5.91 Å². The molecule has 0 spiro atoms. The van der Waals surface area contributed by atoms with Gasteiger partial charge in [-0.05, 0) is 34.4 Å². The van der Waals surface area contributed by atoms with Crippen molar-refractivity contribution >= 4 is 25.2 Å². The van der Waals surface area contributed by atoms with Crippen LogP contribution in [0.2, 0.25) is 0 Å². The number of rotatable bonds is 12. The summed E-state index contributed by atoms with van der Waals surface area (Å²) in [6.07, 6.45) is -0.164. The highest BCUT2D eigenvalue weighted by molar-refractivity contribution is 7.52. The maximum absolute atomic E-state index is 13.7. The Labute approximate surface area is 233 Å². The van der Waals surface area contributed by atoms with Crippen LogP contribution in [0.25, 0.3) is 11.1 Å². The van der Waals surface area contributed by atoms with Crippen LogP contribution < -0.4 is 10.2 Å². The maximum Gasteiger partial charge on any atom is 0.352 e. The summed E-state index contributed by atoms with van der Waals surface area (Å²) in [5.74, 6) is -3.06. The standard InChI is InChI=1S/C31H31N2O6P/c34-29(35)20-21-32-30(36)28(22-23-16-18-25(19-17-23)24-10-4-1-5-11-24)33(27-14-8-3-9-15-27)31(40(37,38)39)26-12-6-2-7-13-26/h1-19,28,31H,20-22H2,(H,32,36)(H,34,35)(H2,37,38,39). The molecule has 0 aromatic heterocycles. The molecule has 0 saturated carbocycles. The molecule has 4 aromatic rings. The topological polar surface area (TPSA) is 127 Å². The summed E-state index contributed by atoms with van der Waals surface area (Å²) in [6.45, 7) is -0.119. The molecular weight excluding hydrogens is 527 g/mol. The third-order valence-corrected chi connectivity index (χ3v) is 7.68. The zero-order valence-corrected chi connectivity index (χ0v) is 22.6. The maximum atomic E-state index is 13.7. The van der Waals surface area contributed by atoms with Gasteiger partial charge in [0.05, 0.1) is 6.42 Å². The van der Waals surface area contributed by atoms with E-state index in [2.05, 4.69) is 5.32 Å². The molecule has 2 atom stereocenters. The predicted molar refractivity (Wildman–Crippen MR) is 155 cm³/mol. The molecule has 0 heterocycles. The third-order valence-electron chi connectivity index (χ3n) is 6.50. The lowest BCUT2D eigenvalue weighted by molar-refractivity contribution is -0.136. The molecule has 0 radical (unpaired) electrons. The minimum Gasteiger partial charge on any atom is -0.481 e. The second kappa shape index (κ2) is 13.2. The molecule has 4 aromatic carbocycles. The number of nitrogens with zero attached hydrogens (tertiary/aromatic N) is 1. The fourth-order valence-corrected chi connectivity index (χ4v) is 5.83. The van der Waals surface area contributed by atoms with Gasteiger partial charge in [0.15, 0.2) is 5.78 Å². The highest BCUT2D eigenvalue weighted by Crippen LogP contribution is 2.55. The van der Waals surface area contributed by atoms with Crippen LogP contribution in [0.4, 0.5) is 5.69 Å². The Kier molecular flexibility index (Phi) is 9.51. The highest BCUT2D eigenvalue weighted by Gasteiger charge is 2.42. The van der Waals surface area contributed by atoms with Gasteiger partial charge in [-0.1, -0.05) is 103 Å². The Morgan fingerprint density at radius 2 is 1.27 bits per heavy atom. The first-order valence-corrected chi connectivity index (χ1v) is 14.5. The molecule has 4 rings (SSSR count). The summed E-state index contributed by atoms with van der Waals surface area (Å²) in [5, 5.41) is 11.8. The van der Waals surface area contributed by atoms with Crippen LogP contribution in [-0.4, -0.2) is 39.4 Å². The molecule has 0 fully saturated rings. The normalized spacial score (nSPS) is 12.8. The molecule has 40 heavy (non-hydrogen) atoms. The van der Waals surface area contributed by atoms with Crippen molar-refractivity contribution in [2.75, 3.05) is 11.4 Å². The third kappa shape index (κ3) is 7.45. The van der Waals surface area contributed by atoms with Crippen LogP contribution in [0.1, 0.15) is 23.3 Å². The van der Waals surface area contributed by atoms with Gasteiger partial charge in [-0.2, -0.15) is 0 Å². The fourth-order valence-electron chi connectivity index (χ4n) is 4.65. The molecule has 2 unspecified atom stereocenters. The van der Waals surface area contributed by atoms with E-state index in [0.717, 1.165) is 16.7 Å². The number of nitrogens with one attached hydrogen (secondary N) is 1. The van der Waals surface area contributed by atoms with E-state index in [1.165, 1.54) is 4.90 Å². The van der Waals surface area contributed by atoms with E-state index in [0.29, 0.717) is 11.3 Å². The average molecular weight is 559 g/mol. The number of aliphatic carboxylic acids is 1. The molecule has 206 valence electrons. The molecule has 1 amide bonds. The van der Waals surface area contributed by atoms with Crippen LogP contribution in [-0.2, 0) is 20.6 Å². The number of para-hydroxylation sites is 1. The van der Waals surface area contributed by atoms with E-state index >= 15 is 0 Å². The first kappa shape index (κ1) is 28.8. The van der Waals surface area contributed by atoms with E-state index < -0.39 is 31.3 Å². The molecular formula is C31H31N2O6P. The number of carboxylic acids is 1. The van der Waals surface area contributed by atoms with Crippen molar-refractivity contribution in [1.29, 1.82) is 0 Å². The lowest BCUT2D eigenvalue weighted by Crippen LogP contribution is -2.50. The molecule has 9 heteroatoms. The van der Waals surface area contributed by atoms with Gasteiger partial charge in [0, 0.05) is 18.7 Å². The first-order chi connectivity index (χ1) is 19.2. The summed E-state index contributed by atoms with van der Waals surface area (Å²) in [7, 11) is -4.86. The zero-order chi connectivity index (χ0) is 28.5. The van der Waals surface area contributed by atoms with E-state index in [1.54, 1.807) is 60.7 Å². The second-order valence-corrected chi connectivity index (χ2v) is 11.0. The monoisotopic (exact) mass is 558 g/mol. The van der Waals surface area contributed by atoms with E-state index in [1.807, 2.05) is 54.6 Å². The molecule has 0 aliphatic rings. The molecule has 4 N–H and O–H groups in total. The molecule has 0 aliphatic heterocycles. The number of amides is 1. The molecule has 0 bridgehead atoms. The van der Waals surface area contributed by atoms with Crippen molar-refractivity contribution in [2.45, 2.75) is 24.7 Å². The van der Waals surface area contributed by atoms with Gasteiger partial charge in [-0.25, -0.2) is 0 Å². The van der Waals surface area contributed by atoms with Crippen LogP contribution in [0.5, 0.6) is 0 Å². The summed E-state index contributed by atoms with van der Waals surface area (Å²) in [5.41, 5.74) is 3.59. The number of hydrogen-bond acceptors (Lipinski definition) is 4. The van der Waals surface area contributed by atoms with Gasteiger partial charge in [0.1, 0.15) is 6.04 Å². The smallest absolute Gasteiger partial charge is 0.352 e. The van der Waals surface area contributed by atoms with Crippen molar-refractivity contribution in [1.82, 2.24) is 5.32 Å². The fraction of sp³-hybridized carbons (Fsp3) is 0.161. The van der Waals surface area contributed by atoms with Crippen molar-refractivity contribution in [3.05, 3.63) is 126 Å². The molecule has 8 nitrogen and oxygen atoms in total. The number of carboxylic acid groups (broad SMARTS) is 1. The highest BCUT2D eigenvalue weighted by atomic mass is 31.2. The minimum absolute atomic E-state index is 0.117. The number of hydrogen-bond donors (Lipinski definition) is 4. The van der Waals surface area contributed by atoms with Gasteiger partial charge >= 0.3 is 13.6 Å². The zero-order valence-electron chi connectivity index (χ0n) is 21.7. The Hall–Kier alpha value is -4.23. The number of benzene rings is 4. The van der Waals surface area contributed by atoms with Crippen LogP contribution >= 0.6 is 7.60 Å². The average Bonchev–Trinajstić information content (AvgIpc) is 2.95. The van der Waals surface area contributed by atoms with Crippen LogP contribution in [0, 0.1) is 0 Å². The lowest BCUT2D eigenvalue weighted by atomic mass is 9.98. The molecule has 0 saturated heterocycles. The van der Waals surface area contributed by atoms with Gasteiger partial charge in [0.25, 0.3) is 0 Å². The summed E-state index contributed by atoms with van der Waals surface area (Å²) < 4.78 is 13.1. The van der Waals surface area contributed by atoms with Crippen LogP contribution in [0.15, 0.2) is 115 Å². The first-order valence-electron chi connectivity index (χ1n) is 12.8. The minimum atomic E-state index is -4.86. The quantitative estimate of drug-likeness (QED) is 0.175. The second-order valence-electron chi connectivity index (χ2n) is 9.33. The van der Waals surface area contributed by atoms with Crippen molar-refractivity contribution < 1.29 is 29.0 Å². The SMILES string of the molecule is O=C(O)CCNC(=O)C(Cc1ccc(-c2ccccc2)cc1)N(c1ccccc1)C(c1ccccc1)P(=O)(O)O.